The lowest BCUT2D eigenvalue weighted by Crippen LogP contribution is -2.21. The number of fused-ring (bicyclic) bond motifs is 1. The third kappa shape index (κ3) is 1.70. The van der Waals surface area contributed by atoms with E-state index in [-0.39, 0.29) is 0 Å². The molecule has 0 atom stereocenters. The van der Waals surface area contributed by atoms with Crippen LogP contribution in [0, 0.1) is 0 Å². The third-order valence-electron chi connectivity index (χ3n) is 2.47. The number of aryl methyl sites for hydroxylation is 1. The van der Waals surface area contributed by atoms with Crippen LogP contribution in [0.2, 0.25) is 0 Å². The minimum atomic E-state index is 1.15. The van der Waals surface area contributed by atoms with Crippen molar-refractivity contribution in [3.05, 3.63) is 21.9 Å². The summed E-state index contributed by atoms with van der Waals surface area (Å²) in [7, 11) is 2.22. The standard InChI is InChI=1S/C10H15NS/c1-11-6-3-2-4-10-9(8-11)5-7-12-10/h5,7H,2-4,6,8H2,1H3. The van der Waals surface area contributed by atoms with Crippen molar-refractivity contribution in [1.82, 2.24) is 4.90 Å². The monoisotopic (exact) mass is 181 g/mol. The first kappa shape index (κ1) is 8.27. The molecule has 0 N–H and O–H groups in total. The van der Waals surface area contributed by atoms with Crippen LogP contribution in [0.3, 0.4) is 0 Å². The highest BCUT2D eigenvalue weighted by atomic mass is 32.1. The molecule has 1 aromatic rings. The first-order valence-corrected chi connectivity index (χ1v) is 5.48. The molecule has 0 saturated carbocycles. The van der Waals surface area contributed by atoms with Crippen molar-refractivity contribution in [2.75, 3.05) is 13.6 Å². The second-order valence-corrected chi connectivity index (χ2v) is 4.56. The highest BCUT2D eigenvalue weighted by molar-refractivity contribution is 7.10. The van der Waals surface area contributed by atoms with Crippen LogP contribution in [0.5, 0.6) is 0 Å². The third-order valence-corrected chi connectivity index (χ3v) is 3.49. The summed E-state index contributed by atoms with van der Waals surface area (Å²) in [5.41, 5.74) is 1.56. The van der Waals surface area contributed by atoms with Gasteiger partial charge in [0.25, 0.3) is 0 Å². The summed E-state index contributed by atoms with van der Waals surface area (Å²) in [6.45, 7) is 2.41. The van der Waals surface area contributed by atoms with Crippen molar-refractivity contribution in [1.29, 1.82) is 0 Å². The molecule has 2 rings (SSSR count). The van der Waals surface area contributed by atoms with Crippen molar-refractivity contribution in [3.63, 3.8) is 0 Å². The molecule has 1 aliphatic heterocycles. The van der Waals surface area contributed by atoms with Gasteiger partial charge in [-0.3, -0.25) is 0 Å². The zero-order valence-corrected chi connectivity index (χ0v) is 8.36. The van der Waals surface area contributed by atoms with Crippen molar-refractivity contribution < 1.29 is 0 Å². The SMILES string of the molecule is CN1CCCCc2sccc2C1. The Bertz CT molecular complexity index is 254. The van der Waals surface area contributed by atoms with E-state index < -0.39 is 0 Å². The van der Waals surface area contributed by atoms with Crippen molar-refractivity contribution in [3.8, 4) is 0 Å². The van der Waals surface area contributed by atoms with Gasteiger partial charge in [-0.1, -0.05) is 0 Å². The number of nitrogens with zero attached hydrogens (tertiary/aromatic N) is 1. The second-order valence-electron chi connectivity index (χ2n) is 3.56. The molecule has 0 spiro atoms. The first-order valence-electron chi connectivity index (χ1n) is 4.60. The molecular formula is C10H15NS. The van der Waals surface area contributed by atoms with Crippen LogP contribution in [-0.2, 0) is 13.0 Å². The van der Waals surface area contributed by atoms with Gasteiger partial charge >= 0.3 is 0 Å². The van der Waals surface area contributed by atoms with Gasteiger partial charge in [0, 0.05) is 11.4 Å². The largest absolute Gasteiger partial charge is 0.302 e. The Kier molecular flexibility index (Phi) is 2.47. The predicted octanol–water partition coefficient (Wildman–Crippen LogP) is 2.52. The summed E-state index contributed by atoms with van der Waals surface area (Å²) >= 11 is 1.92. The molecule has 0 amide bonds. The summed E-state index contributed by atoms with van der Waals surface area (Å²) in [5, 5.41) is 2.23. The average Bonchev–Trinajstić information content (AvgIpc) is 2.42. The lowest BCUT2D eigenvalue weighted by Gasteiger charge is -2.19. The molecule has 0 bridgehead atoms. The Morgan fingerprint density at radius 2 is 2.33 bits per heavy atom. The van der Waals surface area contributed by atoms with Crippen LogP contribution >= 0.6 is 11.3 Å². The van der Waals surface area contributed by atoms with E-state index in [4.69, 9.17) is 0 Å². The zero-order chi connectivity index (χ0) is 8.39. The Morgan fingerprint density at radius 3 is 3.25 bits per heavy atom. The van der Waals surface area contributed by atoms with Gasteiger partial charge in [-0.2, -0.15) is 0 Å². The predicted molar refractivity (Wildman–Crippen MR) is 53.6 cm³/mol. The van der Waals surface area contributed by atoms with E-state index in [1.165, 1.54) is 25.8 Å². The molecule has 2 heterocycles. The number of hydrogen-bond acceptors (Lipinski definition) is 2. The number of thiophene rings is 1. The van der Waals surface area contributed by atoms with Gasteiger partial charge in [0.05, 0.1) is 0 Å². The van der Waals surface area contributed by atoms with E-state index in [0.29, 0.717) is 0 Å². The molecule has 0 saturated heterocycles. The molecule has 66 valence electrons. The van der Waals surface area contributed by atoms with E-state index in [1.807, 2.05) is 11.3 Å². The van der Waals surface area contributed by atoms with Crippen molar-refractivity contribution >= 4 is 11.3 Å². The number of hydrogen-bond donors (Lipinski definition) is 0. The maximum Gasteiger partial charge on any atom is 0.0241 e. The van der Waals surface area contributed by atoms with E-state index in [2.05, 4.69) is 23.4 Å². The highest BCUT2D eigenvalue weighted by Gasteiger charge is 2.10. The Hall–Kier alpha value is -0.340. The van der Waals surface area contributed by atoms with Gasteiger partial charge in [-0.15, -0.1) is 11.3 Å². The van der Waals surface area contributed by atoms with E-state index in [1.54, 1.807) is 10.4 Å². The van der Waals surface area contributed by atoms with Crippen molar-refractivity contribution in [2.45, 2.75) is 25.8 Å². The van der Waals surface area contributed by atoms with Crippen LogP contribution in [-0.4, -0.2) is 18.5 Å². The fourth-order valence-electron chi connectivity index (χ4n) is 1.76. The molecule has 0 aliphatic carbocycles. The lowest BCUT2D eigenvalue weighted by molar-refractivity contribution is 0.312. The second kappa shape index (κ2) is 3.58. The normalized spacial score (nSPS) is 19.8. The van der Waals surface area contributed by atoms with Crippen LogP contribution in [0.15, 0.2) is 11.4 Å². The van der Waals surface area contributed by atoms with Gasteiger partial charge in [0.1, 0.15) is 0 Å². The molecule has 0 aromatic carbocycles. The Balaban J connectivity index is 2.19. The average molecular weight is 181 g/mol. The van der Waals surface area contributed by atoms with Crippen LogP contribution in [0.4, 0.5) is 0 Å². The van der Waals surface area contributed by atoms with Crippen LogP contribution < -0.4 is 0 Å². The highest BCUT2D eigenvalue weighted by Crippen LogP contribution is 2.22. The maximum absolute atomic E-state index is 2.42. The van der Waals surface area contributed by atoms with Gasteiger partial charge in [0.2, 0.25) is 0 Å². The summed E-state index contributed by atoms with van der Waals surface area (Å²) < 4.78 is 0. The molecule has 1 aliphatic rings. The molecule has 2 heteroatoms. The fraction of sp³-hybridized carbons (Fsp3) is 0.600. The van der Waals surface area contributed by atoms with Gasteiger partial charge in [-0.05, 0) is 49.9 Å². The first-order chi connectivity index (χ1) is 5.86. The summed E-state index contributed by atoms with van der Waals surface area (Å²) in [6, 6.07) is 2.28. The quantitative estimate of drug-likeness (QED) is 0.594. The van der Waals surface area contributed by atoms with Gasteiger partial charge in [-0.25, -0.2) is 0 Å². The fourth-order valence-corrected chi connectivity index (χ4v) is 2.71. The number of rotatable bonds is 0. The van der Waals surface area contributed by atoms with Crippen LogP contribution in [0.25, 0.3) is 0 Å². The van der Waals surface area contributed by atoms with E-state index in [0.717, 1.165) is 6.54 Å². The zero-order valence-electron chi connectivity index (χ0n) is 7.55. The molecule has 0 radical (unpaired) electrons. The molecule has 12 heavy (non-hydrogen) atoms. The minimum absolute atomic E-state index is 1.15. The minimum Gasteiger partial charge on any atom is -0.302 e. The molecule has 0 unspecified atom stereocenters. The molecule has 1 aromatic heterocycles. The summed E-state index contributed by atoms with van der Waals surface area (Å²) in [5.74, 6) is 0. The molecular weight excluding hydrogens is 166 g/mol. The maximum atomic E-state index is 2.42. The summed E-state index contributed by atoms with van der Waals surface area (Å²) in [4.78, 5) is 4.03. The van der Waals surface area contributed by atoms with Gasteiger partial charge in [0.15, 0.2) is 0 Å². The summed E-state index contributed by atoms with van der Waals surface area (Å²) in [6.07, 6.45) is 4.02. The molecule has 0 fully saturated rings. The van der Waals surface area contributed by atoms with Crippen molar-refractivity contribution in [2.24, 2.45) is 0 Å². The lowest BCUT2D eigenvalue weighted by atomic mass is 10.1. The van der Waals surface area contributed by atoms with Crippen LogP contribution in [0.1, 0.15) is 23.3 Å². The molecule has 1 nitrogen and oxygen atoms in total. The topological polar surface area (TPSA) is 3.24 Å². The Labute approximate surface area is 78.0 Å². The van der Waals surface area contributed by atoms with E-state index in [9.17, 15) is 0 Å². The van der Waals surface area contributed by atoms with Gasteiger partial charge < -0.3 is 4.90 Å². The smallest absolute Gasteiger partial charge is 0.0241 e. The Morgan fingerprint density at radius 1 is 1.42 bits per heavy atom. The van der Waals surface area contributed by atoms with E-state index >= 15 is 0 Å².